The molecule has 7 heteroatoms. The van der Waals surface area contributed by atoms with E-state index in [1.54, 1.807) is 4.90 Å². The summed E-state index contributed by atoms with van der Waals surface area (Å²) in [6.45, 7) is 4.77. The summed E-state index contributed by atoms with van der Waals surface area (Å²) in [6.07, 6.45) is -3.06. The zero-order valence-corrected chi connectivity index (χ0v) is 13.4. The molecular formula is C17H18F3N3O. The summed E-state index contributed by atoms with van der Waals surface area (Å²) in [7, 11) is 0. The molecule has 4 nitrogen and oxygen atoms in total. The van der Waals surface area contributed by atoms with E-state index in [-0.39, 0.29) is 17.3 Å². The predicted octanol–water partition coefficient (Wildman–Crippen LogP) is 4.33. The zero-order chi connectivity index (χ0) is 17.7. The second-order valence-electron chi connectivity index (χ2n) is 5.08. The van der Waals surface area contributed by atoms with Gasteiger partial charge in [-0.1, -0.05) is 12.1 Å². The van der Waals surface area contributed by atoms with Crippen LogP contribution in [0, 0.1) is 0 Å². The molecule has 0 fully saturated rings. The number of hydrogen-bond donors (Lipinski definition) is 1. The Morgan fingerprint density at radius 1 is 1.17 bits per heavy atom. The van der Waals surface area contributed by atoms with Gasteiger partial charge in [-0.05, 0) is 38.1 Å². The summed E-state index contributed by atoms with van der Waals surface area (Å²) in [5.74, 6) is -0.257. The molecule has 0 bridgehead atoms. The van der Waals surface area contributed by atoms with Crippen molar-refractivity contribution in [1.29, 1.82) is 0 Å². The smallest absolute Gasteiger partial charge is 0.355 e. The fourth-order valence-electron chi connectivity index (χ4n) is 2.29. The van der Waals surface area contributed by atoms with Gasteiger partial charge in [-0.25, -0.2) is 0 Å². The van der Waals surface area contributed by atoms with Crippen LogP contribution in [-0.4, -0.2) is 28.9 Å². The first kappa shape index (κ1) is 17.8. The van der Waals surface area contributed by atoms with Crippen LogP contribution in [0.5, 0.6) is 0 Å². The molecule has 0 spiro atoms. The van der Waals surface area contributed by atoms with Gasteiger partial charge >= 0.3 is 6.18 Å². The highest BCUT2D eigenvalue weighted by atomic mass is 19.4. The third kappa shape index (κ3) is 4.04. The van der Waals surface area contributed by atoms with Gasteiger partial charge in [-0.2, -0.15) is 13.2 Å². The number of halogens is 3. The molecular weight excluding hydrogens is 319 g/mol. The Bertz CT molecular complexity index is 712. The third-order valence-corrected chi connectivity index (χ3v) is 3.54. The Morgan fingerprint density at radius 2 is 1.83 bits per heavy atom. The monoisotopic (exact) mass is 337 g/mol. The van der Waals surface area contributed by atoms with Crippen molar-refractivity contribution in [2.75, 3.05) is 18.4 Å². The first-order valence-electron chi connectivity index (χ1n) is 7.55. The number of pyridine rings is 1. The Labute approximate surface area is 138 Å². The molecule has 2 rings (SSSR count). The molecule has 0 atom stereocenters. The Kier molecular flexibility index (Phi) is 5.43. The molecule has 0 radical (unpaired) electrons. The van der Waals surface area contributed by atoms with Crippen molar-refractivity contribution in [1.82, 2.24) is 9.88 Å². The van der Waals surface area contributed by atoms with Crippen molar-refractivity contribution in [3.05, 3.63) is 53.9 Å². The molecule has 2 aromatic rings. The molecule has 24 heavy (non-hydrogen) atoms. The van der Waals surface area contributed by atoms with E-state index in [0.717, 1.165) is 6.07 Å². The SMILES string of the molecule is CCN(CC)C(=O)c1cc(Nc2ccccc2C(F)(F)F)ccn1. The molecule has 1 aromatic carbocycles. The number of nitrogens with zero attached hydrogens (tertiary/aromatic N) is 2. The fourth-order valence-corrected chi connectivity index (χ4v) is 2.29. The van der Waals surface area contributed by atoms with Crippen molar-refractivity contribution in [3.8, 4) is 0 Å². The van der Waals surface area contributed by atoms with E-state index < -0.39 is 11.7 Å². The van der Waals surface area contributed by atoms with Crippen molar-refractivity contribution < 1.29 is 18.0 Å². The third-order valence-electron chi connectivity index (χ3n) is 3.54. The Hall–Kier alpha value is -2.57. The highest BCUT2D eigenvalue weighted by Crippen LogP contribution is 2.35. The van der Waals surface area contributed by atoms with E-state index in [2.05, 4.69) is 10.3 Å². The van der Waals surface area contributed by atoms with Crippen LogP contribution in [-0.2, 0) is 6.18 Å². The number of amides is 1. The van der Waals surface area contributed by atoms with E-state index in [9.17, 15) is 18.0 Å². The molecule has 0 saturated carbocycles. The number of para-hydroxylation sites is 1. The van der Waals surface area contributed by atoms with Gasteiger partial charge in [0.25, 0.3) is 5.91 Å². The van der Waals surface area contributed by atoms with Crippen molar-refractivity contribution in [3.63, 3.8) is 0 Å². The maximum absolute atomic E-state index is 13.0. The first-order chi connectivity index (χ1) is 11.4. The topological polar surface area (TPSA) is 45.2 Å². The van der Waals surface area contributed by atoms with Crippen molar-refractivity contribution >= 4 is 17.3 Å². The number of aromatic nitrogens is 1. The lowest BCUT2D eigenvalue weighted by Crippen LogP contribution is -2.31. The normalized spacial score (nSPS) is 11.2. The number of alkyl halides is 3. The highest BCUT2D eigenvalue weighted by Gasteiger charge is 2.33. The average molecular weight is 337 g/mol. The number of hydrogen-bond acceptors (Lipinski definition) is 3. The minimum Gasteiger partial charge on any atom is -0.355 e. The number of benzene rings is 1. The quantitative estimate of drug-likeness (QED) is 0.883. The summed E-state index contributed by atoms with van der Waals surface area (Å²) in [4.78, 5) is 17.9. The number of nitrogens with one attached hydrogen (secondary N) is 1. The van der Waals surface area contributed by atoms with Gasteiger partial charge in [0.1, 0.15) is 5.69 Å². The van der Waals surface area contributed by atoms with Gasteiger partial charge in [-0.3, -0.25) is 9.78 Å². The average Bonchev–Trinajstić information content (AvgIpc) is 2.55. The number of rotatable bonds is 5. The van der Waals surface area contributed by atoms with Crippen molar-refractivity contribution in [2.45, 2.75) is 20.0 Å². The molecule has 1 aromatic heterocycles. The van der Waals surface area contributed by atoms with E-state index in [0.29, 0.717) is 18.8 Å². The standard InChI is InChI=1S/C17H18F3N3O/c1-3-23(4-2)16(24)15-11-12(9-10-21-15)22-14-8-6-5-7-13(14)17(18,19)20/h5-11H,3-4H2,1-2H3,(H,21,22). The van der Waals surface area contributed by atoms with Gasteiger partial charge in [0.15, 0.2) is 0 Å². The number of anilines is 2. The fraction of sp³-hybridized carbons (Fsp3) is 0.294. The van der Waals surface area contributed by atoms with E-state index >= 15 is 0 Å². The van der Waals surface area contributed by atoms with Crippen LogP contribution in [0.3, 0.4) is 0 Å². The van der Waals surface area contributed by atoms with Crippen LogP contribution in [0.4, 0.5) is 24.5 Å². The Morgan fingerprint density at radius 3 is 2.46 bits per heavy atom. The van der Waals surface area contributed by atoms with Crippen LogP contribution >= 0.6 is 0 Å². The second-order valence-corrected chi connectivity index (χ2v) is 5.08. The van der Waals surface area contributed by atoms with Gasteiger partial charge < -0.3 is 10.2 Å². The van der Waals surface area contributed by atoms with Gasteiger partial charge in [0.2, 0.25) is 0 Å². The second kappa shape index (κ2) is 7.33. The lowest BCUT2D eigenvalue weighted by Gasteiger charge is -2.18. The minimum atomic E-state index is -4.46. The molecule has 0 saturated heterocycles. The lowest BCUT2D eigenvalue weighted by molar-refractivity contribution is -0.136. The molecule has 1 heterocycles. The van der Waals surface area contributed by atoms with Crippen molar-refractivity contribution in [2.24, 2.45) is 0 Å². The summed E-state index contributed by atoms with van der Waals surface area (Å²) >= 11 is 0. The minimum absolute atomic E-state index is 0.0718. The van der Waals surface area contributed by atoms with Crippen LogP contribution < -0.4 is 5.32 Å². The molecule has 128 valence electrons. The largest absolute Gasteiger partial charge is 0.418 e. The van der Waals surface area contributed by atoms with Gasteiger partial charge in [-0.15, -0.1) is 0 Å². The van der Waals surface area contributed by atoms with Gasteiger partial charge in [0.05, 0.1) is 11.3 Å². The van der Waals surface area contributed by atoms with Crippen LogP contribution in [0.25, 0.3) is 0 Å². The van der Waals surface area contributed by atoms with Crippen LogP contribution in [0.2, 0.25) is 0 Å². The van der Waals surface area contributed by atoms with E-state index in [1.165, 1.54) is 36.5 Å². The molecule has 0 aliphatic carbocycles. The Balaban J connectivity index is 2.30. The maximum atomic E-state index is 13.0. The molecule has 1 amide bonds. The molecule has 0 aliphatic rings. The first-order valence-corrected chi connectivity index (χ1v) is 7.55. The summed E-state index contributed by atoms with van der Waals surface area (Å²) < 4.78 is 39.1. The molecule has 0 unspecified atom stereocenters. The lowest BCUT2D eigenvalue weighted by atomic mass is 10.1. The predicted molar refractivity (Wildman–Crippen MR) is 86.2 cm³/mol. The maximum Gasteiger partial charge on any atom is 0.418 e. The highest BCUT2D eigenvalue weighted by molar-refractivity contribution is 5.93. The van der Waals surface area contributed by atoms with E-state index in [4.69, 9.17) is 0 Å². The van der Waals surface area contributed by atoms with E-state index in [1.807, 2.05) is 13.8 Å². The summed E-state index contributed by atoms with van der Waals surface area (Å²) in [5, 5.41) is 2.72. The van der Waals surface area contributed by atoms with Gasteiger partial charge in [0, 0.05) is 25.0 Å². The number of carbonyl (C=O) groups excluding carboxylic acids is 1. The zero-order valence-electron chi connectivity index (χ0n) is 13.4. The molecule has 0 aliphatic heterocycles. The summed E-state index contributed by atoms with van der Waals surface area (Å²) in [6, 6.07) is 8.16. The van der Waals surface area contributed by atoms with Crippen LogP contribution in [0.1, 0.15) is 29.9 Å². The molecule has 1 N–H and O–H groups in total. The number of carbonyl (C=O) groups is 1. The summed E-state index contributed by atoms with van der Waals surface area (Å²) in [5.41, 5.74) is -0.277. The van der Waals surface area contributed by atoms with Crippen LogP contribution in [0.15, 0.2) is 42.6 Å².